The van der Waals surface area contributed by atoms with Gasteiger partial charge in [-0.15, -0.1) is 13.2 Å². The minimum Gasteiger partial charge on any atom is -0.466 e. The molecule has 0 atom stereocenters. The number of piperidine rings is 1. The Morgan fingerprint density at radius 2 is 1.81 bits per heavy atom. The van der Waals surface area contributed by atoms with E-state index in [2.05, 4.69) is 10.1 Å². The number of alkyl halides is 3. The van der Waals surface area contributed by atoms with E-state index in [1.54, 1.807) is 11.8 Å². The predicted octanol–water partition coefficient (Wildman–Crippen LogP) is 2.80. The molecule has 1 aliphatic heterocycles. The third-order valence-corrected chi connectivity index (χ3v) is 4.00. The number of likely N-dealkylation sites (tertiary alicyclic amines) is 1. The van der Waals surface area contributed by atoms with Gasteiger partial charge in [0.2, 0.25) is 5.91 Å². The lowest BCUT2D eigenvalue weighted by molar-refractivity contribution is -0.274. The van der Waals surface area contributed by atoms with Gasteiger partial charge in [0.15, 0.2) is 0 Å². The van der Waals surface area contributed by atoms with Crippen molar-refractivity contribution in [1.29, 1.82) is 0 Å². The summed E-state index contributed by atoms with van der Waals surface area (Å²) < 4.78 is 45.1. The zero-order valence-corrected chi connectivity index (χ0v) is 14.3. The van der Waals surface area contributed by atoms with Crippen molar-refractivity contribution < 1.29 is 32.2 Å². The molecule has 0 bridgehead atoms. The Morgan fingerprint density at radius 3 is 2.35 bits per heavy atom. The fourth-order valence-corrected chi connectivity index (χ4v) is 2.69. The molecule has 1 saturated heterocycles. The van der Waals surface area contributed by atoms with Crippen molar-refractivity contribution in [3.05, 3.63) is 24.3 Å². The van der Waals surface area contributed by atoms with Crippen LogP contribution in [0.25, 0.3) is 0 Å². The molecule has 2 rings (SSSR count). The highest BCUT2D eigenvalue weighted by molar-refractivity contribution is 5.81. The van der Waals surface area contributed by atoms with Crippen LogP contribution in [0.1, 0.15) is 19.8 Å². The van der Waals surface area contributed by atoms with Gasteiger partial charge in [-0.25, -0.2) is 0 Å². The van der Waals surface area contributed by atoms with Crippen molar-refractivity contribution in [1.82, 2.24) is 4.90 Å². The molecule has 1 aromatic carbocycles. The van der Waals surface area contributed by atoms with E-state index in [-0.39, 0.29) is 30.1 Å². The van der Waals surface area contributed by atoms with Crippen LogP contribution in [0.4, 0.5) is 18.9 Å². The summed E-state index contributed by atoms with van der Waals surface area (Å²) >= 11 is 0. The van der Waals surface area contributed by atoms with Crippen LogP contribution in [0, 0.1) is 5.92 Å². The number of rotatable bonds is 6. The number of benzene rings is 1. The molecule has 0 saturated carbocycles. The number of hydrogen-bond acceptors (Lipinski definition) is 5. The number of ether oxygens (including phenoxy) is 2. The lowest BCUT2D eigenvalue weighted by Gasteiger charge is -2.31. The largest absolute Gasteiger partial charge is 0.573 e. The van der Waals surface area contributed by atoms with E-state index in [9.17, 15) is 22.8 Å². The zero-order valence-electron chi connectivity index (χ0n) is 14.3. The minimum absolute atomic E-state index is 0.0174. The summed E-state index contributed by atoms with van der Waals surface area (Å²) in [4.78, 5) is 25.5. The number of halogens is 3. The van der Waals surface area contributed by atoms with Crippen LogP contribution in [0.2, 0.25) is 0 Å². The fourth-order valence-electron chi connectivity index (χ4n) is 2.69. The zero-order chi connectivity index (χ0) is 19.2. The highest BCUT2D eigenvalue weighted by Gasteiger charge is 2.31. The third kappa shape index (κ3) is 6.12. The summed E-state index contributed by atoms with van der Waals surface area (Å²) in [6.07, 6.45) is -3.61. The normalized spacial score (nSPS) is 15.5. The van der Waals surface area contributed by atoms with Gasteiger partial charge in [0, 0.05) is 18.8 Å². The van der Waals surface area contributed by atoms with E-state index in [1.165, 1.54) is 24.3 Å². The average Bonchev–Trinajstić information content (AvgIpc) is 2.60. The number of nitrogens with one attached hydrogen (secondary N) is 1. The Morgan fingerprint density at radius 1 is 1.19 bits per heavy atom. The van der Waals surface area contributed by atoms with Gasteiger partial charge in [0.25, 0.3) is 0 Å². The van der Waals surface area contributed by atoms with Crippen LogP contribution in [0.5, 0.6) is 5.75 Å². The molecule has 1 N–H and O–H groups in total. The number of esters is 1. The van der Waals surface area contributed by atoms with E-state index in [0.29, 0.717) is 38.2 Å². The number of carbonyl (C=O) groups excluding carboxylic acids is 2. The van der Waals surface area contributed by atoms with Crippen molar-refractivity contribution in [3.8, 4) is 5.75 Å². The van der Waals surface area contributed by atoms with Crippen LogP contribution in [0.15, 0.2) is 24.3 Å². The molecule has 0 aliphatic carbocycles. The molecule has 0 aromatic heterocycles. The van der Waals surface area contributed by atoms with Gasteiger partial charge in [-0.1, -0.05) is 0 Å². The molecular formula is C17H21F3N2O4. The molecule has 144 valence electrons. The topological polar surface area (TPSA) is 67.9 Å². The van der Waals surface area contributed by atoms with Crippen molar-refractivity contribution in [2.24, 2.45) is 5.92 Å². The molecule has 0 spiro atoms. The summed E-state index contributed by atoms with van der Waals surface area (Å²) in [7, 11) is 0. The number of hydrogen-bond donors (Lipinski definition) is 1. The molecule has 1 heterocycles. The van der Waals surface area contributed by atoms with E-state index < -0.39 is 6.36 Å². The van der Waals surface area contributed by atoms with Crippen LogP contribution in [-0.2, 0) is 14.3 Å². The maximum atomic E-state index is 12.2. The molecular weight excluding hydrogens is 353 g/mol. The highest BCUT2D eigenvalue weighted by atomic mass is 19.4. The minimum atomic E-state index is -4.74. The lowest BCUT2D eigenvalue weighted by Crippen LogP contribution is -2.43. The van der Waals surface area contributed by atoms with Gasteiger partial charge >= 0.3 is 12.3 Å². The number of nitrogens with zero attached hydrogens (tertiary/aromatic N) is 1. The van der Waals surface area contributed by atoms with Crippen molar-refractivity contribution in [3.63, 3.8) is 0 Å². The van der Waals surface area contributed by atoms with E-state index in [4.69, 9.17) is 4.74 Å². The monoisotopic (exact) mass is 374 g/mol. The number of anilines is 1. The molecule has 1 fully saturated rings. The summed E-state index contributed by atoms with van der Waals surface area (Å²) in [5, 5.41) is 2.87. The standard InChI is InChI=1S/C17H21F3N2O4/c1-2-25-16(24)12-7-9-22(10-8-12)15(23)11-21-13-3-5-14(6-4-13)26-17(18,19)20/h3-6,12,21H,2,7-11H2,1H3. The second-order valence-corrected chi connectivity index (χ2v) is 5.83. The Kier molecular flexibility index (Phi) is 6.70. The van der Waals surface area contributed by atoms with Gasteiger partial charge in [-0.2, -0.15) is 0 Å². The van der Waals surface area contributed by atoms with Gasteiger partial charge in [-0.3, -0.25) is 9.59 Å². The average molecular weight is 374 g/mol. The van der Waals surface area contributed by atoms with Crippen LogP contribution in [0.3, 0.4) is 0 Å². The first-order valence-electron chi connectivity index (χ1n) is 8.32. The van der Waals surface area contributed by atoms with Gasteiger partial charge in [-0.05, 0) is 44.0 Å². The predicted molar refractivity (Wildman–Crippen MR) is 87.6 cm³/mol. The summed E-state index contributed by atoms with van der Waals surface area (Å²) in [5.41, 5.74) is 0.509. The second-order valence-electron chi connectivity index (χ2n) is 5.83. The van der Waals surface area contributed by atoms with Crippen LogP contribution >= 0.6 is 0 Å². The third-order valence-electron chi connectivity index (χ3n) is 4.00. The molecule has 1 aromatic rings. The summed E-state index contributed by atoms with van der Waals surface area (Å²) in [5.74, 6) is -0.856. The first-order valence-corrected chi connectivity index (χ1v) is 8.32. The van der Waals surface area contributed by atoms with Gasteiger partial charge in [0.05, 0.1) is 19.1 Å². The smallest absolute Gasteiger partial charge is 0.466 e. The van der Waals surface area contributed by atoms with Gasteiger partial charge in [0.1, 0.15) is 5.75 Å². The molecule has 0 radical (unpaired) electrons. The van der Waals surface area contributed by atoms with E-state index in [1.807, 2.05) is 0 Å². The molecule has 1 amide bonds. The first kappa shape index (κ1) is 19.9. The fraction of sp³-hybridized carbons (Fsp3) is 0.529. The van der Waals surface area contributed by atoms with Gasteiger partial charge < -0.3 is 19.7 Å². The quantitative estimate of drug-likeness (QED) is 0.776. The second kappa shape index (κ2) is 8.77. The SMILES string of the molecule is CCOC(=O)C1CCN(C(=O)CNc2ccc(OC(F)(F)F)cc2)CC1. The Bertz CT molecular complexity index is 611. The molecule has 1 aliphatic rings. The Balaban J connectivity index is 1.76. The summed E-state index contributed by atoms with van der Waals surface area (Å²) in [6, 6.07) is 5.15. The number of amides is 1. The highest BCUT2D eigenvalue weighted by Crippen LogP contribution is 2.24. The van der Waals surface area contributed by atoms with Crippen LogP contribution in [-0.4, -0.2) is 49.4 Å². The maximum absolute atomic E-state index is 12.2. The Hall–Kier alpha value is -2.45. The maximum Gasteiger partial charge on any atom is 0.573 e. The van der Waals surface area contributed by atoms with E-state index >= 15 is 0 Å². The first-order chi connectivity index (χ1) is 12.3. The van der Waals surface area contributed by atoms with Crippen molar-refractivity contribution >= 4 is 17.6 Å². The summed E-state index contributed by atoms with van der Waals surface area (Å²) in [6.45, 7) is 3.06. The molecule has 26 heavy (non-hydrogen) atoms. The van der Waals surface area contributed by atoms with Crippen molar-refractivity contribution in [2.75, 3.05) is 31.6 Å². The molecule has 9 heteroatoms. The lowest BCUT2D eigenvalue weighted by atomic mass is 9.97. The molecule has 6 nitrogen and oxygen atoms in total. The Labute approximate surface area is 149 Å². The van der Waals surface area contributed by atoms with Crippen molar-refractivity contribution in [2.45, 2.75) is 26.1 Å². The van der Waals surface area contributed by atoms with E-state index in [0.717, 1.165) is 0 Å². The number of carbonyl (C=O) groups is 2. The molecule has 0 unspecified atom stereocenters. The van der Waals surface area contributed by atoms with Crippen LogP contribution < -0.4 is 10.1 Å².